The molecule has 2 aromatic rings. The van der Waals surface area contributed by atoms with Crippen LogP contribution < -0.4 is 10.1 Å². The van der Waals surface area contributed by atoms with Crippen molar-refractivity contribution in [2.45, 2.75) is 25.8 Å². The van der Waals surface area contributed by atoms with Crippen molar-refractivity contribution in [3.8, 4) is 5.75 Å². The maximum Gasteiger partial charge on any atom is 0.264 e. The Morgan fingerprint density at radius 1 is 1.25 bits per heavy atom. The zero-order valence-corrected chi connectivity index (χ0v) is 14.6. The van der Waals surface area contributed by atoms with E-state index in [1.54, 1.807) is 36.3 Å². The molecule has 126 valence electrons. The SMILES string of the molecule is COc1ccc(NC(=O)C2CCCN2C(=O)c2sccc2C)cc1. The van der Waals surface area contributed by atoms with E-state index in [1.807, 2.05) is 18.4 Å². The molecule has 0 spiro atoms. The quantitative estimate of drug-likeness (QED) is 0.926. The zero-order chi connectivity index (χ0) is 17.1. The van der Waals surface area contributed by atoms with Crippen LogP contribution in [0.2, 0.25) is 0 Å². The number of carbonyl (C=O) groups is 2. The molecule has 1 fully saturated rings. The van der Waals surface area contributed by atoms with Crippen LogP contribution in [0.1, 0.15) is 28.1 Å². The highest BCUT2D eigenvalue weighted by atomic mass is 32.1. The van der Waals surface area contributed by atoms with Gasteiger partial charge in [0.1, 0.15) is 11.8 Å². The van der Waals surface area contributed by atoms with E-state index in [0.717, 1.165) is 22.6 Å². The number of likely N-dealkylation sites (tertiary alicyclic amines) is 1. The highest BCUT2D eigenvalue weighted by Gasteiger charge is 2.35. The molecule has 24 heavy (non-hydrogen) atoms. The number of nitrogens with zero attached hydrogens (tertiary/aromatic N) is 1. The van der Waals surface area contributed by atoms with Gasteiger partial charge in [0.15, 0.2) is 0 Å². The molecular weight excluding hydrogens is 324 g/mol. The molecule has 1 unspecified atom stereocenters. The normalized spacial score (nSPS) is 16.9. The fraction of sp³-hybridized carbons (Fsp3) is 0.333. The van der Waals surface area contributed by atoms with Crippen LogP contribution in [0.5, 0.6) is 5.75 Å². The van der Waals surface area contributed by atoms with Crippen molar-refractivity contribution in [3.63, 3.8) is 0 Å². The molecule has 1 atom stereocenters. The number of hydrogen-bond donors (Lipinski definition) is 1. The summed E-state index contributed by atoms with van der Waals surface area (Å²) in [7, 11) is 1.60. The minimum atomic E-state index is -0.416. The molecule has 0 aliphatic carbocycles. The molecule has 3 rings (SSSR count). The Bertz CT molecular complexity index is 739. The number of hydrogen-bond acceptors (Lipinski definition) is 4. The predicted molar refractivity (Wildman–Crippen MR) is 94.7 cm³/mol. The van der Waals surface area contributed by atoms with E-state index in [2.05, 4.69) is 5.32 Å². The van der Waals surface area contributed by atoms with Gasteiger partial charge in [0.05, 0.1) is 12.0 Å². The molecule has 1 aromatic carbocycles. The molecule has 1 aliphatic rings. The molecular formula is C18H20N2O3S. The number of rotatable bonds is 4. The summed E-state index contributed by atoms with van der Waals surface area (Å²) in [6, 6.07) is 8.69. The Kier molecular flexibility index (Phi) is 4.85. The van der Waals surface area contributed by atoms with Gasteiger partial charge in [-0.05, 0) is 61.0 Å². The number of nitrogens with one attached hydrogen (secondary N) is 1. The summed E-state index contributed by atoms with van der Waals surface area (Å²) in [5.41, 5.74) is 1.67. The standard InChI is InChI=1S/C18H20N2O3S/c1-12-9-11-24-16(12)18(22)20-10-3-4-15(20)17(21)19-13-5-7-14(23-2)8-6-13/h5-9,11,15H,3-4,10H2,1-2H3,(H,19,21). The number of anilines is 1. The molecule has 2 amide bonds. The number of methoxy groups -OCH3 is 1. The van der Waals surface area contributed by atoms with Gasteiger partial charge in [0.2, 0.25) is 5.91 Å². The molecule has 1 N–H and O–H groups in total. The van der Waals surface area contributed by atoms with Crippen LogP contribution in [0.15, 0.2) is 35.7 Å². The van der Waals surface area contributed by atoms with Gasteiger partial charge in [-0.2, -0.15) is 0 Å². The summed E-state index contributed by atoms with van der Waals surface area (Å²) in [4.78, 5) is 27.7. The first kappa shape index (κ1) is 16.5. The second kappa shape index (κ2) is 7.05. The average Bonchev–Trinajstić information content (AvgIpc) is 3.24. The van der Waals surface area contributed by atoms with E-state index in [0.29, 0.717) is 18.7 Å². The van der Waals surface area contributed by atoms with Gasteiger partial charge in [0.25, 0.3) is 5.91 Å². The van der Waals surface area contributed by atoms with Gasteiger partial charge in [0, 0.05) is 12.2 Å². The highest BCUT2D eigenvalue weighted by Crippen LogP contribution is 2.25. The topological polar surface area (TPSA) is 58.6 Å². The van der Waals surface area contributed by atoms with Gasteiger partial charge in [-0.25, -0.2) is 0 Å². The Morgan fingerprint density at radius 3 is 2.62 bits per heavy atom. The van der Waals surface area contributed by atoms with E-state index in [4.69, 9.17) is 4.74 Å². The third-order valence-corrected chi connectivity index (χ3v) is 5.23. The number of thiophene rings is 1. The Balaban J connectivity index is 1.71. The monoisotopic (exact) mass is 344 g/mol. The second-order valence-electron chi connectivity index (χ2n) is 5.81. The van der Waals surface area contributed by atoms with E-state index in [9.17, 15) is 9.59 Å². The fourth-order valence-electron chi connectivity index (χ4n) is 2.90. The Labute approximate surface area is 145 Å². The van der Waals surface area contributed by atoms with Crippen LogP contribution in [0, 0.1) is 6.92 Å². The molecule has 0 bridgehead atoms. The van der Waals surface area contributed by atoms with Gasteiger partial charge >= 0.3 is 0 Å². The number of carbonyl (C=O) groups excluding carboxylic acids is 2. The van der Waals surface area contributed by atoms with Gasteiger partial charge in [-0.3, -0.25) is 9.59 Å². The lowest BCUT2D eigenvalue weighted by molar-refractivity contribution is -0.119. The first-order valence-corrected chi connectivity index (χ1v) is 8.78. The Hall–Kier alpha value is -2.34. The second-order valence-corrected chi connectivity index (χ2v) is 6.72. The highest BCUT2D eigenvalue weighted by molar-refractivity contribution is 7.12. The van der Waals surface area contributed by atoms with Crippen molar-refractivity contribution in [2.24, 2.45) is 0 Å². The van der Waals surface area contributed by atoms with Gasteiger partial charge < -0.3 is 15.0 Å². The summed E-state index contributed by atoms with van der Waals surface area (Å²) >= 11 is 1.43. The third-order valence-electron chi connectivity index (χ3n) is 4.23. The third kappa shape index (κ3) is 3.28. The van der Waals surface area contributed by atoms with Crippen molar-refractivity contribution in [1.82, 2.24) is 4.90 Å². The summed E-state index contributed by atoms with van der Waals surface area (Å²) in [5.74, 6) is 0.550. The van der Waals surface area contributed by atoms with Crippen LogP contribution in [-0.2, 0) is 4.79 Å². The maximum atomic E-state index is 12.7. The van der Waals surface area contributed by atoms with E-state index >= 15 is 0 Å². The van der Waals surface area contributed by atoms with E-state index < -0.39 is 6.04 Å². The molecule has 2 heterocycles. The van der Waals surface area contributed by atoms with Gasteiger partial charge in [-0.15, -0.1) is 11.3 Å². The van der Waals surface area contributed by atoms with Crippen LogP contribution >= 0.6 is 11.3 Å². The predicted octanol–water partition coefficient (Wildman–Crippen LogP) is 3.31. The van der Waals surface area contributed by atoms with Crippen molar-refractivity contribution in [1.29, 1.82) is 0 Å². The Morgan fingerprint density at radius 2 is 2.00 bits per heavy atom. The summed E-state index contributed by atoms with van der Waals surface area (Å²) in [6.45, 7) is 2.54. The molecule has 1 saturated heterocycles. The number of ether oxygens (including phenoxy) is 1. The average molecular weight is 344 g/mol. The largest absolute Gasteiger partial charge is 0.497 e. The van der Waals surface area contributed by atoms with E-state index in [1.165, 1.54) is 11.3 Å². The first-order chi connectivity index (χ1) is 11.6. The van der Waals surface area contributed by atoms with Crippen molar-refractivity contribution < 1.29 is 14.3 Å². The number of aryl methyl sites for hydroxylation is 1. The molecule has 5 nitrogen and oxygen atoms in total. The lowest BCUT2D eigenvalue weighted by atomic mass is 10.2. The van der Waals surface area contributed by atoms with Crippen LogP contribution in [0.4, 0.5) is 5.69 Å². The summed E-state index contributed by atoms with van der Waals surface area (Å²) in [6.07, 6.45) is 1.54. The molecule has 6 heteroatoms. The molecule has 1 aliphatic heterocycles. The number of amides is 2. The van der Waals surface area contributed by atoms with Crippen molar-refractivity contribution in [2.75, 3.05) is 19.0 Å². The zero-order valence-electron chi connectivity index (χ0n) is 13.7. The summed E-state index contributed by atoms with van der Waals surface area (Å²) in [5, 5.41) is 4.80. The van der Waals surface area contributed by atoms with Crippen molar-refractivity contribution in [3.05, 3.63) is 46.2 Å². The molecule has 0 saturated carbocycles. The molecule has 1 aromatic heterocycles. The van der Waals surface area contributed by atoms with Gasteiger partial charge in [-0.1, -0.05) is 0 Å². The smallest absolute Gasteiger partial charge is 0.264 e. The minimum absolute atomic E-state index is 0.0464. The van der Waals surface area contributed by atoms with Crippen LogP contribution in [0.25, 0.3) is 0 Å². The van der Waals surface area contributed by atoms with E-state index in [-0.39, 0.29) is 11.8 Å². The molecule has 0 radical (unpaired) electrons. The summed E-state index contributed by atoms with van der Waals surface area (Å²) < 4.78 is 5.11. The van der Waals surface area contributed by atoms with Crippen molar-refractivity contribution >= 4 is 28.8 Å². The number of benzene rings is 1. The van der Waals surface area contributed by atoms with Crippen LogP contribution in [-0.4, -0.2) is 36.4 Å². The minimum Gasteiger partial charge on any atom is -0.497 e. The maximum absolute atomic E-state index is 12.7. The van der Waals surface area contributed by atoms with Crippen LogP contribution in [0.3, 0.4) is 0 Å². The lowest BCUT2D eigenvalue weighted by Gasteiger charge is -2.23. The fourth-order valence-corrected chi connectivity index (χ4v) is 3.78. The first-order valence-electron chi connectivity index (χ1n) is 7.90. The lowest BCUT2D eigenvalue weighted by Crippen LogP contribution is -2.43.